The van der Waals surface area contributed by atoms with Gasteiger partial charge in [0.2, 0.25) is 0 Å². The molecule has 7 heteroatoms. The molecule has 3 fully saturated rings. The van der Waals surface area contributed by atoms with Crippen molar-refractivity contribution < 1.29 is 14.7 Å². The van der Waals surface area contributed by atoms with Crippen LogP contribution in [0.4, 0.5) is 0 Å². The van der Waals surface area contributed by atoms with Crippen molar-refractivity contribution in [3.8, 4) is 5.69 Å². The average molecular weight is 574 g/mol. The molecule has 1 heterocycles. The molecular formula is C32H42Cl2N2O3. The quantitative estimate of drug-likeness (QED) is 0.351. The van der Waals surface area contributed by atoms with Gasteiger partial charge in [0.05, 0.1) is 16.0 Å². The molecule has 3 saturated carbocycles. The standard InChI is InChI=1S/C32H42Cl2N2O3/c1-30(2,3)20-14-21(31(4)11-12-31)16-23(15-20)36-24(13-19-9-7-6-8-10-19)26(33)25(27(36)34)28(37)35-22-17-32(5,18-22)29(38)39/h14-16,19,22H,6-13,17-18H2,1-5H3,(H,35,37)(H,38,39)/t22-,32-. The normalized spacial score (nSPS) is 24.7. The molecule has 2 aromatic rings. The number of rotatable bonds is 7. The molecule has 2 N–H and O–H groups in total. The Labute approximate surface area is 242 Å². The SMILES string of the molecule is CC(C)(C)c1cc(-n2c(Cl)c(C(=O)N[C@H]3C[C@](C)(C(=O)O)C3)c(Cl)c2CC2CCCCC2)cc(C2(C)CC2)c1. The third-order valence-corrected chi connectivity index (χ3v) is 10.3. The first-order valence-electron chi connectivity index (χ1n) is 14.5. The summed E-state index contributed by atoms with van der Waals surface area (Å²) in [6.07, 6.45) is 9.92. The fourth-order valence-electron chi connectivity index (χ4n) is 6.43. The second-order valence-electron chi connectivity index (χ2n) is 14.0. The number of halogens is 2. The molecule has 0 saturated heterocycles. The van der Waals surface area contributed by atoms with Gasteiger partial charge in [-0.3, -0.25) is 9.59 Å². The third kappa shape index (κ3) is 5.51. The Morgan fingerprint density at radius 1 is 1.05 bits per heavy atom. The van der Waals surface area contributed by atoms with Gasteiger partial charge in [0.1, 0.15) is 5.15 Å². The van der Waals surface area contributed by atoms with Crippen LogP contribution in [-0.2, 0) is 22.0 Å². The number of hydrogen-bond acceptors (Lipinski definition) is 2. The lowest BCUT2D eigenvalue weighted by Crippen LogP contribution is -2.52. The maximum Gasteiger partial charge on any atom is 0.309 e. The number of carboxylic acid groups (broad SMARTS) is 1. The number of aromatic nitrogens is 1. The van der Waals surface area contributed by atoms with Crippen LogP contribution in [0.2, 0.25) is 10.2 Å². The van der Waals surface area contributed by atoms with E-state index in [1.54, 1.807) is 6.92 Å². The molecule has 3 aliphatic rings. The van der Waals surface area contributed by atoms with Crippen molar-refractivity contribution in [2.45, 2.75) is 116 Å². The van der Waals surface area contributed by atoms with Crippen molar-refractivity contribution in [3.05, 3.63) is 50.8 Å². The average Bonchev–Trinajstić information content (AvgIpc) is 3.55. The summed E-state index contributed by atoms with van der Waals surface area (Å²) in [5.74, 6) is -0.651. The third-order valence-electron chi connectivity index (χ3n) is 9.56. The number of nitrogens with zero attached hydrogens (tertiary/aromatic N) is 1. The molecule has 1 aromatic heterocycles. The highest BCUT2D eigenvalue weighted by Crippen LogP contribution is 2.49. The summed E-state index contributed by atoms with van der Waals surface area (Å²) >= 11 is 14.2. The van der Waals surface area contributed by atoms with Crippen LogP contribution >= 0.6 is 23.2 Å². The number of aliphatic carboxylic acids is 1. The summed E-state index contributed by atoms with van der Waals surface area (Å²) in [5.41, 5.74) is 4.03. The van der Waals surface area contributed by atoms with Gasteiger partial charge in [-0.2, -0.15) is 0 Å². The molecule has 0 radical (unpaired) electrons. The van der Waals surface area contributed by atoms with Gasteiger partial charge in [0.25, 0.3) is 5.91 Å². The van der Waals surface area contributed by atoms with Gasteiger partial charge in [-0.1, -0.05) is 89.1 Å². The summed E-state index contributed by atoms with van der Waals surface area (Å²) in [6, 6.07) is 6.57. The van der Waals surface area contributed by atoms with Crippen molar-refractivity contribution in [1.29, 1.82) is 0 Å². The fraction of sp³-hybridized carbons (Fsp3) is 0.625. The molecule has 0 bridgehead atoms. The van der Waals surface area contributed by atoms with E-state index in [1.165, 1.54) is 43.2 Å². The van der Waals surface area contributed by atoms with Crippen LogP contribution in [0.5, 0.6) is 0 Å². The van der Waals surface area contributed by atoms with Crippen molar-refractivity contribution in [3.63, 3.8) is 0 Å². The molecule has 5 rings (SSSR count). The van der Waals surface area contributed by atoms with E-state index < -0.39 is 11.4 Å². The molecule has 3 aliphatic carbocycles. The number of carbonyl (C=O) groups excluding carboxylic acids is 1. The van der Waals surface area contributed by atoms with Crippen LogP contribution in [0.15, 0.2) is 18.2 Å². The van der Waals surface area contributed by atoms with Gasteiger partial charge in [0, 0.05) is 17.4 Å². The molecule has 0 atom stereocenters. The minimum absolute atomic E-state index is 0.0514. The van der Waals surface area contributed by atoms with Crippen molar-refractivity contribution >= 4 is 35.1 Å². The lowest BCUT2D eigenvalue weighted by atomic mass is 9.67. The van der Waals surface area contributed by atoms with Gasteiger partial charge in [-0.15, -0.1) is 0 Å². The maximum absolute atomic E-state index is 13.6. The molecule has 212 valence electrons. The van der Waals surface area contributed by atoms with Crippen LogP contribution in [0.25, 0.3) is 5.69 Å². The van der Waals surface area contributed by atoms with E-state index in [4.69, 9.17) is 23.2 Å². The molecule has 0 spiro atoms. The van der Waals surface area contributed by atoms with E-state index in [0.29, 0.717) is 34.5 Å². The van der Waals surface area contributed by atoms with Crippen molar-refractivity contribution in [1.82, 2.24) is 9.88 Å². The fourth-order valence-corrected chi connectivity index (χ4v) is 7.20. The van der Waals surface area contributed by atoms with E-state index >= 15 is 0 Å². The predicted octanol–water partition coefficient (Wildman–Crippen LogP) is 8.24. The molecule has 0 aliphatic heterocycles. The number of hydrogen-bond donors (Lipinski definition) is 2. The number of amides is 1. The molecular weight excluding hydrogens is 531 g/mol. The van der Waals surface area contributed by atoms with Gasteiger partial charge < -0.3 is 15.0 Å². The highest BCUT2D eigenvalue weighted by atomic mass is 35.5. The summed E-state index contributed by atoms with van der Waals surface area (Å²) in [6.45, 7) is 10.7. The largest absolute Gasteiger partial charge is 0.481 e. The van der Waals surface area contributed by atoms with Gasteiger partial charge in [-0.25, -0.2) is 0 Å². The summed E-state index contributed by atoms with van der Waals surface area (Å²) in [7, 11) is 0. The predicted molar refractivity (Wildman–Crippen MR) is 158 cm³/mol. The first-order valence-corrected chi connectivity index (χ1v) is 15.3. The Kier molecular flexibility index (Phi) is 7.42. The zero-order valence-corrected chi connectivity index (χ0v) is 25.4. The molecule has 1 amide bonds. The zero-order valence-electron chi connectivity index (χ0n) is 23.9. The second kappa shape index (κ2) is 10.1. The molecule has 5 nitrogen and oxygen atoms in total. The summed E-state index contributed by atoms with van der Waals surface area (Å²) in [4.78, 5) is 25.1. The van der Waals surface area contributed by atoms with Gasteiger partial charge in [-0.05, 0) is 79.0 Å². The molecule has 1 aromatic carbocycles. The number of carbonyl (C=O) groups is 2. The number of carboxylic acids is 1. The Hall–Kier alpha value is -1.98. The smallest absolute Gasteiger partial charge is 0.309 e. The van der Waals surface area contributed by atoms with Crippen LogP contribution in [0.3, 0.4) is 0 Å². The highest BCUT2D eigenvalue weighted by Gasteiger charge is 2.47. The van der Waals surface area contributed by atoms with E-state index in [9.17, 15) is 14.7 Å². The zero-order chi connectivity index (χ0) is 28.3. The molecule has 0 unspecified atom stereocenters. The Bertz CT molecular complexity index is 1270. The van der Waals surface area contributed by atoms with Crippen LogP contribution in [0, 0.1) is 11.3 Å². The Morgan fingerprint density at radius 3 is 2.26 bits per heavy atom. The number of benzene rings is 1. The van der Waals surface area contributed by atoms with E-state index in [2.05, 4.69) is 51.2 Å². The van der Waals surface area contributed by atoms with Crippen molar-refractivity contribution in [2.75, 3.05) is 0 Å². The van der Waals surface area contributed by atoms with Gasteiger partial charge in [0.15, 0.2) is 0 Å². The van der Waals surface area contributed by atoms with E-state index in [-0.39, 0.29) is 22.8 Å². The monoisotopic (exact) mass is 572 g/mol. The van der Waals surface area contributed by atoms with Crippen LogP contribution < -0.4 is 5.32 Å². The highest BCUT2D eigenvalue weighted by molar-refractivity contribution is 6.40. The second-order valence-corrected chi connectivity index (χ2v) is 14.7. The topological polar surface area (TPSA) is 71.3 Å². The van der Waals surface area contributed by atoms with Crippen LogP contribution in [-0.4, -0.2) is 27.6 Å². The first kappa shape index (κ1) is 28.5. The first-order chi connectivity index (χ1) is 18.2. The van der Waals surface area contributed by atoms with E-state index in [0.717, 1.165) is 30.6 Å². The Balaban J connectivity index is 1.57. The van der Waals surface area contributed by atoms with Crippen LogP contribution in [0.1, 0.15) is 120 Å². The van der Waals surface area contributed by atoms with Gasteiger partial charge >= 0.3 is 5.97 Å². The maximum atomic E-state index is 13.6. The minimum atomic E-state index is -0.830. The Morgan fingerprint density at radius 2 is 1.69 bits per heavy atom. The minimum Gasteiger partial charge on any atom is -0.481 e. The number of nitrogens with one attached hydrogen (secondary N) is 1. The lowest BCUT2D eigenvalue weighted by molar-refractivity contribution is -0.154. The van der Waals surface area contributed by atoms with E-state index in [1.807, 2.05) is 4.57 Å². The summed E-state index contributed by atoms with van der Waals surface area (Å²) in [5, 5.41) is 13.2. The van der Waals surface area contributed by atoms with Crippen molar-refractivity contribution in [2.24, 2.45) is 11.3 Å². The molecule has 39 heavy (non-hydrogen) atoms. The summed E-state index contributed by atoms with van der Waals surface area (Å²) < 4.78 is 2.03. The lowest BCUT2D eigenvalue weighted by Gasteiger charge is -2.41.